The molecule has 118 valence electrons. The number of hydrogen-bond acceptors (Lipinski definition) is 3. The maximum Gasteiger partial charge on any atom is 0.0234 e. The lowest BCUT2D eigenvalue weighted by molar-refractivity contribution is 0.127. The van der Waals surface area contributed by atoms with E-state index in [9.17, 15) is 0 Å². The van der Waals surface area contributed by atoms with E-state index in [0.29, 0.717) is 0 Å². The molecular formula is C18H31N3. The third-order valence-electron chi connectivity index (χ3n) is 4.16. The lowest BCUT2D eigenvalue weighted by Crippen LogP contribution is -2.45. The number of rotatable bonds is 8. The number of benzene rings is 1. The zero-order valence-electron chi connectivity index (χ0n) is 13.8. The van der Waals surface area contributed by atoms with Crippen molar-refractivity contribution in [3.05, 3.63) is 35.4 Å². The van der Waals surface area contributed by atoms with Crippen LogP contribution in [0.3, 0.4) is 0 Å². The van der Waals surface area contributed by atoms with Gasteiger partial charge >= 0.3 is 0 Å². The number of nitrogens with zero attached hydrogens (tertiary/aromatic N) is 2. The van der Waals surface area contributed by atoms with Crippen molar-refractivity contribution in [3.63, 3.8) is 0 Å². The summed E-state index contributed by atoms with van der Waals surface area (Å²) in [7, 11) is 0. The summed E-state index contributed by atoms with van der Waals surface area (Å²) in [5, 5.41) is 3.48. The highest BCUT2D eigenvalue weighted by atomic mass is 15.3. The van der Waals surface area contributed by atoms with Gasteiger partial charge in [-0.05, 0) is 37.1 Å². The van der Waals surface area contributed by atoms with E-state index < -0.39 is 0 Å². The van der Waals surface area contributed by atoms with Crippen molar-refractivity contribution in [1.29, 1.82) is 0 Å². The van der Waals surface area contributed by atoms with Crippen LogP contribution in [0.1, 0.15) is 37.8 Å². The van der Waals surface area contributed by atoms with Gasteiger partial charge in [0.05, 0.1) is 0 Å². The molecule has 0 bridgehead atoms. The van der Waals surface area contributed by atoms with Gasteiger partial charge in [-0.25, -0.2) is 0 Å². The molecule has 1 fully saturated rings. The summed E-state index contributed by atoms with van der Waals surface area (Å²) in [6, 6.07) is 9.06. The Labute approximate surface area is 130 Å². The van der Waals surface area contributed by atoms with Gasteiger partial charge in [0, 0.05) is 39.3 Å². The molecule has 0 saturated carbocycles. The lowest BCUT2D eigenvalue weighted by atomic mass is 10.1. The first-order valence-electron chi connectivity index (χ1n) is 8.55. The quantitative estimate of drug-likeness (QED) is 0.742. The van der Waals surface area contributed by atoms with Gasteiger partial charge in [0.2, 0.25) is 0 Å². The Morgan fingerprint density at radius 2 is 1.67 bits per heavy atom. The third kappa shape index (κ3) is 5.77. The maximum absolute atomic E-state index is 3.48. The van der Waals surface area contributed by atoms with Gasteiger partial charge < -0.3 is 10.2 Å². The van der Waals surface area contributed by atoms with Crippen LogP contribution in [0.15, 0.2) is 24.3 Å². The summed E-state index contributed by atoms with van der Waals surface area (Å²) in [5.74, 6) is 0. The molecule has 1 aliphatic heterocycles. The molecular weight excluding hydrogens is 258 g/mol. The summed E-state index contributed by atoms with van der Waals surface area (Å²) >= 11 is 0. The molecule has 0 atom stereocenters. The van der Waals surface area contributed by atoms with Gasteiger partial charge in [-0.2, -0.15) is 0 Å². The third-order valence-corrected chi connectivity index (χ3v) is 4.16. The first-order valence-corrected chi connectivity index (χ1v) is 8.55. The fraction of sp³-hybridized carbons (Fsp3) is 0.667. The molecule has 3 nitrogen and oxygen atoms in total. The molecule has 3 heteroatoms. The Bertz CT molecular complexity index is 397. The maximum atomic E-state index is 3.48. The molecule has 0 aliphatic carbocycles. The molecule has 1 aromatic rings. The van der Waals surface area contributed by atoms with E-state index in [1.807, 2.05) is 0 Å². The van der Waals surface area contributed by atoms with Crippen molar-refractivity contribution in [1.82, 2.24) is 15.1 Å². The van der Waals surface area contributed by atoms with Crippen LogP contribution < -0.4 is 5.32 Å². The molecule has 0 spiro atoms. The fourth-order valence-corrected chi connectivity index (χ4v) is 2.99. The summed E-state index contributed by atoms with van der Waals surface area (Å²) < 4.78 is 0. The topological polar surface area (TPSA) is 18.5 Å². The predicted molar refractivity (Wildman–Crippen MR) is 90.4 cm³/mol. The van der Waals surface area contributed by atoms with Crippen LogP contribution in [-0.4, -0.2) is 49.1 Å². The minimum absolute atomic E-state index is 0.992. The largest absolute Gasteiger partial charge is 0.313 e. The molecule has 1 saturated heterocycles. The zero-order valence-corrected chi connectivity index (χ0v) is 13.8. The molecule has 0 amide bonds. The standard InChI is InChI=1S/C18H31N3/c1-3-8-19-15-17-6-5-7-18(14-17)16-21-12-10-20(9-4-2)11-13-21/h5-7,14,19H,3-4,8-13,15-16H2,1-2H3. The van der Waals surface area contributed by atoms with Gasteiger partial charge in [0.1, 0.15) is 0 Å². The van der Waals surface area contributed by atoms with Crippen molar-refractivity contribution >= 4 is 0 Å². The summed E-state index contributed by atoms with van der Waals surface area (Å²) in [6.45, 7) is 13.8. The highest BCUT2D eigenvalue weighted by Crippen LogP contribution is 2.11. The van der Waals surface area contributed by atoms with Crippen LogP contribution in [0.2, 0.25) is 0 Å². The van der Waals surface area contributed by atoms with Gasteiger partial charge in [0.25, 0.3) is 0 Å². The molecule has 21 heavy (non-hydrogen) atoms. The van der Waals surface area contributed by atoms with E-state index in [1.165, 1.54) is 56.7 Å². The average molecular weight is 289 g/mol. The molecule has 0 unspecified atom stereocenters. The summed E-state index contributed by atoms with van der Waals surface area (Å²) in [4.78, 5) is 5.17. The fourth-order valence-electron chi connectivity index (χ4n) is 2.99. The number of piperazine rings is 1. The molecule has 1 aliphatic rings. The second-order valence-corrected chi connectivity index (χ2v) is 6.11. The smallest absolute Gasteiger partial charge is 0.0234 e. The normalized spacial score (nSPS) is 17.2. The van der Waals surface area contributed by atoms with Crippen LogP contribution in [0, 0.1) is 0 Å². The van der Waals surface area contributed by atoms with Crippen molar-refractivity contribution < 1.29 is 0 Å². The monoisotopic (exact) mass is 289 g/mol. The molecule has 1 N–H and O–H groups in total. The van der Waals surface area contributed by atoms with E-state index in [2.05, 4.69) is 53.2 Å². The van der Waals surface area contributed by atoms with Crippen molar-refractivity contribution in [2.45, 2.75) is 39.8 Å². The van der Waals surface area contributed by atoms with E-state index >= 15 is 0 Å². The van der Waals surface area contributed by atoms with Crippen molar-refractivity contribution in [2.24, 2.45) is 0 Å². The highest BCUT2D eigenvalue weighted by molar-refractivity contribution is 5.23. The van der Waals surface area contributed by atoms with Crippen LogP contribution in [-0.2, 0) is 13.1 Å². The Hall–Kier alpha value is -0.900. The predicted octanol–water partition coefficient (Wildman–Crippen LogP) is 2.71. The molecule has 0 aromatic heterocycles. The van der Waals surface area contributed by atoms with E-state index in [1.54, 1.807) is 0 Å². The van der Waals surface area contributed by atoms with Gasteiger partial charge in [-0.1, -0.05) is 38.1 Å². The molecule has 1 aromatic carbocycles. The minimum Gasteiger partial charge on any atom is -0.313 e. The van der Waals surface area contributed by atoms with Gasteiger partial charge in [-0.15, -0.1) is 0 Å². The SMILES string of the molecule is CCCNCc1cccc(CN2CCN(CCC)CC2)c1. The summed E-state index contributed by atoms with van der Waals surface area (Å²) in [6.07, 6.45) is 2.47. The average Bonchev–Trinajstić information content (AvgIpc) is 2.50. The van der Waals surface area contributed by atoms with E-state index in [-0.39, 0.29) is 0 Å². The number of nitrogens with one attached hydrogen (secondary N) is 1. The first-order chi connectivity index (χ1) is 10.3. The Kier molecular flexibility index (Phi) is 7.20. The van der Waals surface area contributed by atoms with E-state index in [4.69, 9.17) is 0 Å². The highest BCUT2D eigenvalue weighted by Gasteiger charge is 2.15. The Morgan fingerprint density at radius 1 is 0.952 bits per heavy atom. The summed E-state index contributed by atoms with van der Waals surface area (Å²) in [5.41, 5.74) is 2.86. The van der Waals surface area contributed by atoms with Crippen LogP contribution >= 0.6 is 0 Å². The lowest BCUT2D eigenvalue weighted by Gasteiger charge is -2.34. The Balaban J connectivity index is 1.79. The van der Waals surface area contributed by atoms with Crippen molar-refractivity contribution in [2.75, 3.05) is 39.3 Å². The van der Waals surface area contributed by atoms with Crippen molar-refractivity contribution in [3.8, 4) is 0 Å². The number of hydrogen-bond donors (Lipinski definition) is 1. The van der Waals surface area contributed by atoms with Crippen LogP contribution in [0.25, 0.3) is 0 Å². The molecule has 1 heterocycles. The van der Waals surface area contributed by atoms with Crippen LogP contribution in [0.4, 0.5) is 0 Å². The molecule has 2 rings (SSSR count). The van der Waals surface area contributed by atoms with Crippen LogP contribution in [0.5, 0.6) is 0 Å². The zero-order chi connectivity index (χ0) is 14.9. The van der Waals surface area contributed by atoms with Gasteiger partial charge in [-0.3, -0.25) is 4.90 Å². The Morgan fingerprint density at radius 3 is 2.38 bits per heavy atom. The minimum atomic E-state index is 0.992. The molecule has 0 radical (unpaired) electrons. The first kappa shape index (κ1) is 16.5. The van der Waals surface area contributed by atoms with Gasteiger partial charge in [0.15, 0.2) is 0 Å². The van der Waals surface area contributed by atoms with E-state index in [0.717, 1.165) is 19.6 Å². The second kappa shape index (κ2) is 9.19. The second-order valence-electron chi connectivity index (χ2n) is 6.11.